The summed E-state index contributed by atoms with van der Waals surface area (Å²) in [5.74, 6) is 0. The number of ether oxygens (including phenoxy) is 3. The van der Waals surface area contributed by atoms with Crippen LogP contribution in [-0.2, 0) is 53.1 Å². The molecule has 0 saturated carbocycles. The first-order chi connectivity index (χ1) is 16.9. The van der Waals surface area contributed by atoms with Crippen molar-refractivity contribution in [1.29, 1.82) is 0 Å². The fraction of sp³-hybridized carbons (Fsp3) is 0.296. The van der Waals surface area contributed by atoms with Crippen molar-refractivity contribution in [2.24, 2.45) is 0 Å². The van der Waals surface area contributed by atoms with Crippen LogP contribution in [0.3, 0.4) is 0 Å². The van der Waals surface area contributed by atoms with Crippen LogP contribution in [0.1, 0.15) is 16.7 Å². The quantitative estimate of drug-likeness (QED) is 0.232. The van der Waals surface area contributed by atoms with Gasteiger partial charge in [-0.05, 0) is 16.7 Å². The Hall–Kier alpha value is -2.88. The molecule has 3 atom stereocenters. The maximum Gasteiger partial charge on any atom is 0.264 e. The molecule has 3 unspecified atom stereocenters. The molecule has 0 N–H and O–H groups in total. The third kappa shape index (κ3) is 9.71. The average Bonchev–Trinajstić information content (AvgIpc) is 2.86. The van der Waals surface area contributed by atoms with Gasteiger partial charge in [0.05, 0.1) is 32.7 Å². The first-order valence-electron chi connectivity index (χ1n) is 11.2. The van der Waals surface area contributed by atoms with Gasteiger partial charge in [0.1, 0.15) is 18.3 Å². The number of aldehydes is 1. The standard InChI is InChI=1S/C27H30O7S/c1-35(29,30)34-26(21-31-18-22-11-5-2-6-12-22)27(33-20-24-15-9-4-10-16-24)25(17-28)32-19-23-13-7-3-8-14-23/h2-17,25-27H,18-21H2,1H3. The van der Waals surface area contributed by atoms with Gasteiger partial charge in [0.2, 0.25) is 0 Å². The van der Waals surface area contributed by atoms with Gasteiger partial charge < -0.3 is 19.0 Å². The van der Waals surface area contributed by atoms with Crippen LogP contribution in [0.15, 0.2) is 91.0 Å². The van der Waals surface area contributed by atoms with Gasteiger partial charge in [0.25, 0.3) is 10.1 Å². The first-order valence-corrected chi connectivity index (χ1v) is 13.0. The van der Waals surface area contributed by atoms with E-state index in [1.165, 1.54) is 0 Å². The molecule has 35 heavy (non-hydrogen) atoms. The second-order valence-corrected chi connectivity index (χ2v) is 9.60. The van der Waals surface area contributed by atoms with E-state index in [9.17, 15) is 13.2 Å². The Labute approximate surface area is 206 Å². The lowest BCUT2D eigenvalue weighted by Crippen LogP contribution is -2.46. The summed E-state index contributed by atoms with van der Waals surface area (Å²) in [4.78, 5) is 12.1. The molecule has 0 radical (unpaired) electrons. The molecule has 0 aromatic heterocycles. The van der Waals surface area contributed by atoms with E-state index < -0.39 is 28.4 Å². The van der Waals surface area contributed by atoms with Crippen molar-refractivity contribution in [1.82, 2.24) is 0 Å². The Morgan fingerprint density at radius 1 is 0.714 bits per heavy atom. The summed E-state index contributed by atoms with van der Waals surface area (Å²) in [6.45, 7) is 0.395. The topological polar surface area (TPSA) is 88.1 Å². The highest BCUT2D eigenvalue weighted by atomic mass is 32.2. The van der Waals surface area contributed by atoms with Crippen LogP contribution in [0.5, 0.6) is 0 Å². The van der Waals surface area contributed by atoms with E-state index in [1.807, 2.05) is 91.0 Å². The summed E-state index contributed by atoms with van der Waals surface area (Å²) in [6, 6.07) is 28.2. The minimum absolute atomic E-state index is 0.125. The van der Waals surface area contributed by atoms with E-state index in [1.54, 1.807) is 0 Å². The SMILES string of the molecule is CS(=O)(=O)OC(COCc1ccccc1)C(OCc1ccccc1)C(C=O)OCc1ccccc1. The second kappa shape index (κ2) is 13.9. The van der Waals surface area contributed by atoms with E-state index in [2.05, 4.69) is 0 Å². The number of hydrogen-bond donors (Lipinski definition) is 0. The van der Waals surface area contributed by atoms with Crippen molar-refractivity contribution >= 4 is 16.4 Å². The molecule has 3 rings (SSSR count). The predicted molar refractivity (Wildman–Crippen MR) is 132 cm³/mol. The molecule has 7 nitrogen and oxygen atoms in total. The predicted octanol–water partition coefficient (Wildman–Crippen LogP) is 3.92. The fourth-order valence-electron chi connectivity index (χ4n) is 3.43. The molecule has 0 heterocycles. The van der Waals surface area contributed by atoms with E-state index in [0.717, 1.165) is 22.9 Å². The fourth-order valence-corrected chi connectivity index (χ4v) is 4.04. The Kier molecular flexibility index (Phi) is 10.6. The maximum absolute atomic E-state index is 12.1. The normalized spacial score (nSPS) is 14.2. The Balaban J connectivity index is 1.78. The van der Waals surface area contributed by atoms with Gasteiger partial charge in [-0.1, -0.05) is 91.0 Å². The Morgan fingerprint density at radius 3 is 1.63 bits per heavy atom. The highest BCUT2D eigenvalue weighted by Crippen LogP contribution is 2.18. The minimum atomic E-state index is -3.89. The molecule has 0 spiro atoms. The molecule has 0 aliphatic rings. The van der Waals surface area contributed by atoms with Gasteiger partial charge in [0.15, 0.2) is 6.29 Å². The van der Waals surface area contributed by atoms with Gasteiger partial charge in [-0.2, -0.15) is 8.42 Å². The summed E-state index contributed by atoms with van der Waals surface area (Å²) in [5.41, 5.74) is 2.63. The molecule has 8 heteroatoms. The zero-order valence-corrected chi connectivity index (χ0v) is 20.4. The number of carbonyl (C=O) groups excluding carboxylic acids is 1. The van der Waals surface area contributed by atoms with Crippen LogP contribution in [0, 0.1) is 0 Å². The van der Waals surface area contributed by atoms with Gasteiger partial charge in [-0.25, -0.2) is 0 Å². The molecular weight excluding hydrogens is 468 g/mol. The van der Waals surface area contributed by atoms with Crippen molar-refractivity contribution in [3.63, 3.8) is 0 Å². The monoisotopic (exact) mass is 498 g/mol. The molecule has 3 aromatic rings. The molecule has 3 aromatic carbocycles. The summed E-state index contributed by atoms with van der Waals surface area (Å²) in [7, 11) is -3.89. The van der Waals surface area contributed by atoms with Crippen molar-refractivity contribution < 1.29 is 31.6 Å². The van der Waals surface area contributed by atoms with Gasteiger partial charge in [0, 0.05) is 0 Å². The zero-order chi connectivity index (χ0) is 24.9. The van der Waals surface area contributed by atoms with Crippen LogP contribution in [-0.4, -0.2) is 45.9 Å². The van der Waals surface area contributed by atoms with E-state index in [4.69, 9.17) is 18.4 Å². The van der Waals surface area contributed by atoms with Crippen molar-refractivity contribution in [3.05, 3.63) is 108 Å². The Morgan fingerprint density at radius 2 is 1.17 bits per heavy atom. The van der Waals surface area contributed by atoms with Crippen LogP contribution in [0.25, 0.3) is 0 Å². The van der Waals surface area contributed by atoms with Gasteiger partial charge >= 0.3 is 0 Å². The molecule has 0 saturated heterocycles. The molecule has 0 aliphatic carbocycles. The summed E-state index contributed by atoms with van der Waals surface area (Å²) >= 11 is 0. The summed E-state index contributed by atoms with van der Waals surface area (Å²) < 4.78 is 47.2. The number of benzene rings is 3. The maximum atomic E-state index is 12.1. The van der Waals surface area contributed by atoms with Crippen LogP contribution < -0.4 is 0 Å². The highest BCUT2D eigenvalue weighted by Gasteiger charge is 2.35. The average molecular weight is 499 g/mol. The number of carbonyl (C=O) groups is 1. The van der Waals surface area contributed by atoms with Gasteiger partial charge in [-0.3, -0.25) is 4.18 Å². The minimum Gasteiger partial charge on any atom is -0.374 e. The summed E-state index contributed by atoms with van der Waals surface area (Å²) in [5, 5.41) is 0. The number of hydrogen-bond acceptors (Lipinski definition) is 7. The van der Waals surface area contributed by atoms with Crippen LogP contribution in [0.4, 0.5) is 0 Å². The molecule has 0 fully saturated rings. The lowest BCUT2D eigenvalue weighted by Gasteiger charge is -2.30. The van der Waals surface area contributed by atoms with E-state index >= 15 is 0 Å². The molecular formula is C27H30O7S. The van der Waals surface area contributed by atoms with Crippen molar-refractivity contribution in [3.8, 4) is 0 Å². The van der Waals surface area contributed by atoms with Crippen LogP contribution >= 0.6 is 0 Å². The third-order valence-electron chi connectivity index (χ3n) is 5.09. The first kappa shape index (κ1) is 26.7. The largest absolute Gasteiger partial charge is 0.374 e. The molecule has 186 valence electrons. The van der Waals surface area contributed by atoms with E-state index in [0.29, 0.717) is 6.29 Å². The highest BCUT2D eigenvalue weighted by molar-refractivity contribution is 7.86. The molecule has 0 bridgehead atoms. The van der Waals surface area contributed by atoms with Crippen molar-refractivity contribution in [2.75, 3.05) is 12.9 Å². The number of rotatable bonds is 15. The van der Waals surface area contributed by atoms with Crippen molar-refractivity contribution in [2.45, 2.75) is 38.1 Å². The lowest BCUT2D eigenvalue weighted by atomic mass is 10.1. The second-order valence-electron chi connectivity index (χ2n) is 8.00. The third-order valence-corrected chi connectivity index (χ3v) is 5.68. The molecule has 0 aliphatic heterocycles. The zero-order valence-electron chi connectivity index (χ0n) is 19.6. The Bertz CT molecular complexity index is 1110. The van der Waals surface area contributed by atoms with E-state index in [-0.39, 0.29) is 26.4 Å². The van der Waals surface area contributed by atoms with Gasteiger partial charge in [-0.15, -0.1) is 0 Å². The molecule has 0 amide bonds. The smallest absolute Gasteiger partial charge is 0.264 e. The summed E-state index contributed by atoms with van der Waals surface area (Å²) in [6.07, 6.45) is -1.68. The lowest BCUT2D eigenvalue weighted by molar-refractivity contribution is -0.151. The van der Waals surface area contributed by atoms with Crippen LogP contribution in [0.2, 0.25) is 0 Å².